The fraction of sp³-hybridized carbons (Fsp3) is 0. The number of benzene rings is 1. The van der Waals surface area contributed by atoms with Gasteiger partial charge in [-0.05, 0) is 30.3 Å². The topological polar surface area (TPSA) is 59.1 Å². The van der Waals surface area contributed by atoms with E-state index in [0.29, 0.717) is 0 Å². The number of halogens is 3. The van der Waals surface area contributed by atoms with Crippen LogP contribution in [0.25, 0.3) is 0 Å². The predicted molar refractivity (Wildman–Crippen MR) is 76.5 cm³/mol. The van der Waals surface area contributed by atoms with Crippen molar-refractivity contribution in [1.82, 2.24) is 4.98 Å². The van der Waals surface area contributed by atoms with E-state index in [-0.39, 0.29) is 25.9 Å². The minimum absolute atomic E-state index is 0.0685. The summed E-state index contributed by atoms with van der Waals surface area (Å²) in [7, 11) is -3.87. The molecule has 19 heavy (non-hydrogen) atoms. The summed E-state index contributed by atoms with van der Waals surface area (Å²) in [6, 6.07) is 8.75. The first-order chi connectivity index (χ1) is 8.88. The van der Waals surface area contributed by atoms with Crippen LogP contribution in [0.15, 0.2) is 41.3 Å². The van der Waals surface area contributed by atoms with Crippen molar-refractivity contribution in [2.45, 2.75) is 4.90 Å². The second kappa shape index (κ2) is 5.54. The van der Waals surface area contributed by atoms with Gasteiger partial charge in [0.15, 0.2) is 0 Å². The van der Waals surface area contributed by atoms with Gasteiger partial charge < -0.3 is 0 Å². The Morgan fingerprint density at radius 2 is 1.79 bits per heavy atom. The van der Waals surface area contributed by atoms with Gasteiger partial charge in [0.2, 0.25) is 0 Å². The third-order valence-corrected chi connectivity index (χ3v) is 4.42. The molecule has 1 N–H and O–H groups in total. The zero-order chi connectivity index (χ0) is 14.0. The molecule has 0 atom stereocenters. The lowest BCUT2D eigenvalue weighted by molar-refractivity contribution is 0.601. The Bertz CT molecular complexity index is 720. The molecule has 0 saturated heterocycles. The Balaban J connectivity index is 2.40. The summed E-state index contributed by atoms with van der Waals surface area (Å²) >= 11 is 17.3. The van der Waals surface area contributed by atoms with Crippen LogP contribution in [0.2, 0.25) is 15.2 Å². The Kier molecular flexibility index (Phi) is 4.20. The molecule has 0 unspecified atom stereocenters. The van der Waals surface area contributed by atoms with Gasteiger partial charge in [-0.25, -0.2) is 13.4 Å². The summed E-state index contributed by atoms with van der Waals surface area (Å²) in [5.41, 5.74) is 0. The fourth-order valence-electron chi connectivity index (χ4n) is 1.34. The lowest BCUT2D eigenvalue weighted by Gasteiger charge is -2.09. The first kappa shape index (κ1) is 14.4. The zero-order valence-corrected chi connectivity index (χ0v) is 12.4. The standard InChI is InChI=1S/C11H7Cl3N2O2S/c12-7-4-5-8(13)9(6-7)19(17,18)16-11-3-1-2-10(14)15-11/h1-6H,(H,15,16). The van der Waals surface area contributed by atoms with Crippen molar-refractivity contribution in [2.75, 3.05) is 4.72 Å². The maximum Gasteiger partial charge on any atom is 0.264 e. The van der Waals surface area contributed by atoms with Crippen molar-refractivity contribution < 1.29 is 8.42 Å². The summed E-state index contributed by atoms with van der Waals surface area (Å²) in [6.07, 6.45) is 0. The Hall–Kier alpha value is -1.01. The van der Waals surface area contributed by atoms with E-state index in [1.807, 2.05) is 0 Å². The first-order valence-corrected chi connectivity index (χ1v) is 7.60. The van der Waals surface area contributed by atoms with Crippen LogP contribution >= 0.6 is 34.8 Å². The normalized spacial score (nSPS) is 11.3. The second-order valence-electron chi connectivity index (χ2n) is 3.53. The van der Waals surface area contributed by atoms with Gasteiger partial charge in [0.05, 0.1) is 5.02 Å². The minimum Gasteiger partial charge on any atom is -0.263 e. The Morgan fingerprint density at radius 3 is 2.47 bits per heavy atom. The number of hydrogen-bond donors (Lipinski definition) is 1. The van der Waals surface area contributed by atoms with Gasteiger partial charge in [-0.1, -0.05) is 40.9 Å². The van der Waals surface area contributed by atoms with Crippen LogP contribution in [0.3, 0.4) is 0 Å². The fourth-order valence-corrected chi connectivity index (χ4v) is 3.27. The smallest absolute Gasteiger partial charge is 0.263 e. The predicted octanol–water partition coefficient (Wildman–Crippen LogP) is 3.84. The molecule has 0 fully saturated rings. The highest BCUT2D eigenvalue weighted by Crippen LogP contribution is 2.26. The largest absolute Gasteiger partial charge is 0.264 e. The van der Waals surface area contributed by atoms with Crippen molar-refractivity contribution in [1.29, 1.82) is 0 Å². The molecule has 1 aromatic carbocycles. The number of aromatic nitrogens is 1. The summed E-state index contributed by atoms with van der Waals surface area (Å²) < 4.78 is 26.6. The molecule has 2 rings (SSSR count). The molecule has 0 bridgehead atoms. The number of anilines is 1. The van der Waals surface area contributed by atoms with E-state index in [4.69, 9.17) is 34.8 Å². The van der Waals surface area contributed by atoms with Gasteiger partial charge in [-0.2, -0.15) is 0 Å². The van der Waals surface area contributed by atoms with Crippen LogP contribution in [0.1, 0.15) is 0 Å². The molecule has 0 aliphatic heterocycles. The summed E-state index contributed by atoms with van der Waals surface area (Å²) in [5, 5.41) is 0.514. The molecule has 0 amide bonds. The number of nitrogens with one attached hydrogen (secondary N) is 1. The molecule has 4 nitrogen and oxygen atoms in total. The molecule has 8 heteroatoms. The molecule has 0 saturated carbocycles. The molecular weight excluding hydrogens is 331 g/mol. The number of nitrogens with zero attached hydrogens (tertiary/aromatic N) is 1. The van der Waals surface area contributed by atoms with Crippen LogP contribution in [0.5, 0.6) is 0 Å². The lowest BCUT2D eigenvalue weighted by Crippen LogP contribution is -2.14. The van der Waals surface area contributed by atoms with Gasteiger partial charge in [0.1, 0.15) is 15.9 Å². The third kappa shape index (κ3) is 3.51. The quantitative estimate of drug-likeness (QED) is 0.866. The molecule has 1 aromatic heterocycles. The second-order valence-corrected chi connectivity index (χ2v) is 6.41. The van der Waals surface area contributed by atoms with Crippen LogP contribution < -0.4 is 4.72 Å². The maximum atomic E-state index is 12.1. The SMILES string of the molecule is O=S(=O)(Nc1cccc(Cl)n1)c1cc(Cl)ccc1Cl. The van der Waals surface area contributed by atoms with E-state index >= 15 is 0 Å². The van der Waals surface area contributed by atoms with Gasteiger partial charge in [-0.15, -0.1) is 0 Å². The van der Waals surface area contributed by atoms with E-state index in [1.54, 1.807) is 6.07 Å². The summed E-state index contributed by atoms with van der Waals surface area (Å²) in [5.74, 6) is 0.101. The van der Waals surface area contributed by atoms with Crippen molar-refractivity contribution in [2.24, 2.45) is 0 Å². The average Bonchev–Trinajstić information content (AvgIpc) is 2.31. The van der Waals surface area contributed by atoms with E-state index in [1.165, 1.54) is 30.3 Å². The molecular formula is C11H7Cl3N2O2S. The third-order valence-electron chi connectivity index (χ3n) is 2.14. The summed E-state index contributed by atoms with van der Waals surface area (Å²) in [6.45, 7) is 0. The highest BCUT2D eigenvalue weighted by Gasteiger charge is 2.19. The minimum atomic E-state index is -3.87. The number of hydrogen-bond acceptors (Lipinski definition) is 3. The van der Waals surface area contributed by atoms with Crippen molar-refractivity contribution in [3.63, 3.8) is 0 Å². The summed E-state index contributed by atoms with van der Waals surface area (Å²) in [4.78, 5) is 3.71. The number of rotatable bonds is 3. The van der Waals surface area contributed by atoms with Crippen LogP contribution in [0.4, 0.5) is 5.82 Å². The van der Waals surface area contributed by atoms with E-state index in [0.717, 1.165) is 0 Å². The lowest BCUT2D eigenvalue weighted by atomic mass is 10.4. The highest BCUT2D eigenvalue weighted by atomic mass is 35.5. The molecule has 0 aliphatic carbocycles. The maximum absolute atomic E-state index is 12.1. The Morgan fingerprint density at radius 1 is 1.05 bits per heavy atom. The highest BCUT2D eigenvalue weighted by molar-refractivity contribution is 7.92. The van der Waals surface area contributed by atoms with Crippen molar-refractivity contribution in [3.8, 4) is 0 Å². The van der Waals surface area contributed by atoms with Gasteiger partial charge >= 0.3 is 0 Å². The molecule has 1 heterocycles. The van der Waals surface area contributed by atoms with Crippen LogP contribution in [-0.2, 0) is 10.0 Å². The van der Waals surface area contributed by atoms with Gasteiger partial charge in [0, 0.05) is 5.02 Å². The van der Waals surface area contributed by atoms with Crippen LogP contribution in [0, 0.1) is 0 Å². The van der Waals surface area contributed by atoms with Crippen molar-refractivity contribution >= 4 is 50.6 Å². The molecule has 2 aromatic rings. The van der Waals surface area contributed by atoms with E-state index in [2.05, 4.69) is 9.71 Å². The monoisotopic (exact) mass is 336 g/mol. The van der Waals surface area contributed by atoms with Crippen molar-refractivity contribution in [3.05, 3.63) is 51.6 Å². The van der Waals surface area contributed by atoms with E-state index < -0.39 is 10.0 Å². The average molecular weight is 338 g/mol. The number of pyridine rings is 1. The van der Waals surface area contributed by atoms with E-state index in [9.17, 15) is 8.42 Å². The molecule has 100 valence electrons. The zero-order valence-electron chi connectivity index (χ0n) is 9.27. The molecule has 0 radical (unpaired) electrons. The van der Waals surface area contributed by atoms with Gasteiger partial charge in [0.25, 0.3) is 10.0 Å². The molecule has 0 aliphatic rings. The van der Waals surface area contributed by atoms with Crippen LogP contribution in [-0.4, -0.2) is 13.4 Å². The first-order valence-electron chi connectivity index (χ1n) is 4.99. The molecule has 0 spiro atoms. The Labute approximate surface area is 125 Å². The number of sulfonamides is 1. The van der Waals surface area contributed by atoms with Gasteiger partial charge in [-0.3, -0.25) is 4.72 Å².